The van der Waals surface area contributed by atoms with Crippen LogP contribution in [0.4, 0.5) is 10.1 Å². The van der Waals surface area contributed by atoms with Crippen molar-refractivity contribution in [2.45, 2.75) is 19.3 Å². The molecular formula is C13H13FN2O3. The number of hydrogen-bond donors (Lipinski definition) is 0. The highest BCUT2D eigenvalue weighted by Gasteiger charge is 2.34. The Morgan fingerprint density at radius 2 is 2.16 bits per heavy atom. The predicted octanol–water partition coefficient (Wildman–Crippen LogP) is 2.60. The van der Waals surface area contributed by atoms with Crippen molar-refractivity contribution in [3.05, 3.63) is 39.7 Å². The molecule has 0 saturated carbocycles. The van der Waals surface area contributed by atoms with Crippen molar-refractivity contribution in [1.82, 2.24) is 0 Å². The summed E-state index contributed by atoms with van der Waals surface area (Å²) in [4.78, 5) is 9.95. The number of nitro benzene ring substituents is 1. The van der Waals surface area contributed by atoms with Crippen LogP contribution in [0, 0.1) is 32.7 Å². The first-order valence-corrected chi connectivity index (χ1v) is 5.99. The molecule has 0 unspecified atom stereocenters. The Morgan fingerprint density at radius 1 is 1.47 bits per heavy atom. The summed E-state index contributed by atoms with van der Waals surface area (Å²) >= 11 is 0. The highest BCUT2D eigenvalue weighted by atomic mass is 19.1. The SMILES string of the molecule is N#CC1(Cc2cccc([N+](=O)[O-])c2F)CCOCC1. The second kappa shape index (κ2) is 5.33. The van der Waals surface area contributed by atoms with Crippen LogP contribution < -0.4 is 0 Å². The first-order chi connectivity index (χ1) is 9.08. The minimum Gasteiger partial charge on any atom is -0.381 e. The van der Waals surface area contributed by atoms with Crippen LogP contribution in [0.15, 0.2) is 18.2 Å². The van der Waals surface area contributed by atoms with Gasteiger partial charge in [0.25, 0.3) is 0 Å². The van der Waals surface area contributed by atoms with Crippen LogP contribution in [0.1, 0.15) is 18.4 Å². The fourth-order valence-corrected chi connectivity index (χ4v) is 2.30. The molecule has 0 spiro atoms. The molecular weight excluding hydrogens is 251 g/mol. The van der Waals surface area contributed by atoms with Crippen molar-refractivity contribution in [2.75, 3.05) is 13.2 Å². The summed E-state index contributed by atoms with van der Waals surface area (Å²) in [6.07, 6.45) is 1.22. The second-order valence-corrected chi connectivity index (χ2v) is 4.69. The van der Waals surface area contributed by atoms with Gasteiger partial charge in [-0.15, -0.1) is 0 Å². The number of nitriles is 1. The molecule has 1 aliphatic heterocycles. The molecule has 1 heterocycles. The van der Waals surface area contributed by atoms with Gasteiger partial charge >= 0.3 is 5.69 Å². The topological polar surface area (TPSA) is 76.2 Å². The van der Waals surface area contributed by atoms with E-state index in [-0.39, 0.29) is 12.0 Å². The molecule has 0 N–H and O–H groups in total. The molecule has 0 aromatic heterocycles. The van der Waals surface area contributed by atoms with Gasteiger partial charge in [-0.2, -0.15) is 9.65 Å². The second-order valence-electron chi connectivity index (χ2n) is 4.69. The first-order valence-electron chi connectivity index (χ1n) is 5.99. The lowest BCUT2D eigenvalue weighted by Crippen LogP contribution is -2.30. The van der Waals surface area contributed by atoms with Crippen molar-refractivity contribution in [1.29, 1.82) is 5.26 Å². The Labute approximate surface area is 109 Å². The van der Waals surface area contributed by atoms with E-state index in [0.717, 1.165) is 6.07 Å². The number of nitro groups is 1. The summed E-state index contributed by atoms with van der Waals surface area (Å²) in [7, 11) is 0. The molecule has 100 valence electrons. The normalized spacial score (nSPS) is 17.7. The lowest BCUT2D eigenvalue weighted by Gasteiger charge is -2.30. The highest BCUT2D eigenvalue weighted by molar-refractivity contribution is 5.37. The number of hydrogen-bond acceptors (Lipinski definition) is 4. The van der Waals surface area contributed by atoms with Gasteiger partial charge in [-0.25, -0.2) is 0 Å². The van der Waals surface area contributed by atoms with E-state index in [0.29, 0.717) is 26.1 Å². The van der Waals surface area contributed by atoms with Gasteiger partial charge in [0.05, 0.1) is 16.4 Å². The molecule has 0 aliphatic carbocycles. The Bertz CT molecular complexity index is 533. The van der Waals surface area contributed by atoms with Gasteiger partial charge in [0.1, 0.15) is 0 Å². The number of nitrogens with zero attached hydrogens (tertiary/aromatic N) is 2. The number of benzene rings is 1. The standard InChI is InChI=1S/C13H13FN2O3/c14-12-10(2-1-3-11(12)16(17)18)8-13(9-15)4-6-19-7-5-13/h1-3H,4-8H2. The fraction of sp³-hybridized carbons (Fsp3) is 0.462. The van der Waals surface area contributed by atoms with E-state index in [9.17, 15) is 19.8 Å². The zero-order valence-electron chi connectivity index (χ0n) is 10.3. The average Bonchev–Trinajstić information content (AvgIpc) is 2.42. The van der Waals surface area contributed by atoms with E-state index in [2.05, 4.69) is 6.07 Å². The Balaban J connectivity index is 2.30. The third kappa shape index (κ3) is 2.71. The summed E-state index contributed by atoms with van der Waals surface area (Å²) < 4.78 is 19.2. The van der Waals surface area contributed by atoms with Crippen LogP contribution in [0.3, 0.4) is 0 Å². The summed E-state index contributed by atoms with van der Waals surface area (Å²) in [5, 5.41) is 20.0. The minimum absolute atomic E-state index is 0.181. The van der Waals surface area contributed by atoms with E-state index < -0.39 is 21.8 Å². The Morgan fingerprint density at radius 3 is 2.74 bits per heavy atom. The summed E-state index contributed by atoms with van der Waals surface area (Å²) in [6, 6.07) is 6.29. The van der Waals surface area contributed by atoms with Crippen LogP contribution in [0.5, 0.6) is 0 Å². The predicted molar refractivity (Wildman–Crippen MR) is 64.9 cm³/mol. The van der Waals surface area contributed by atoms with Gasteiger partial charge in [-0.05, 0) is 24.8 Å². The lowest BCUT2D eigenvalue weighted by atomic mass is 9.76. The smallest absolute Gasteiger partial charge is 0.305 e. The maximum absolute atomic E-state index is 14.0. The van der Waals surface area contributed by atoms with Gasteiger partial charge in [0.2, 0.25) is 5.82 Å². The van der Waals surface area contributed by atoms with Gasteiger partial charge in [0.15, 0.2) is 0 Å². The minimum atomic E-state index is -0.839. The molecule has 0 atom stereocenters. The molecule has 5 nitrogen and oxygen atoms in total. The number of ether oxygens (including phenoxy) is 1. The quantitative estimate of drug-likeness (QED) is 0.621. The number of rotatable bonds is 3. The summed E-state index contributed by atoms with van der Waals surface area (Å²) in [5.41, 5.74) is -1.01. The van der Waals surface area contributed by atoms with Crippen LogP contribution in [-0.4, -0.2) is 18.1 Å². The molecule has 0 bridgehead atoms. The lowest BCUT2D eigenvalue weighted by molar-refractivity contribution is -0.387. The van der Waals surface area contributed by atoms with E-state index in [1.54, 1.807) is 0 Å². The van der Waals surface area contributed by atoms with Crippen LogP contribution in [0.25, 0.3) is 0 Å². The fourth-order valence-electron chi connectivity index (χ4n) is 2.30. The molecule has 1 aromatic carbocycles. The molecule has 6 heteroatoms. The third-order valence-corrected chi connectivity index (χ3v) is 3.47. The largest absolute Gasteiger partial charge is 0.381 e. The van der Waals surface area contributed by atoms with Crippen LogP contribution in [0.2, 0.25) is 0 Å². The highest BCUT2D eigenvalue weighted by Crippen LogP contribution is 2.35. The molecule has 1 fully saturated rings. The van der Waals surface area contributed by atoms with Gasteiger partial charge in [0, 0.05) is 19.3 Å². The van der Waals surface area contributed by atoms with Gasteiger partial charge in [-0.3, -0.25) is 10.1 Å². The van der Waals surface area contributed by atoms with Crippen molar-refractivity contribution < 1.29 is 14.1 Å². The molecule has 19 heavy (non-hydrogen) atoms. The third-order valence-electron chi connectivity index (χ3n) is 3.47. The van der Waals surface area contributed by atoms with Crippen molar-refractivity contribution in [3.8, 4) is 6.07 Å². The molecule has 0 radical (unpaired) electrons. The van der Waals surface area contributed by atoms with E-state index in [1.165, 1.54) is 12.1 Å². The maximum atomic E-state index is 14.0. The molecule has 0 amide bonds. The molecule has 1 aromatic rings. The van der Waals surface area contributed by atoms with Crippen molar-refractivity contribution in [3.63, 3.8) is 0 Å². The van der Waals surface area contributed by atoms with Gasteiger partial charge < -0.3 is 4.74 Å². The zero-order valence-corrected chi connectivity index (χ0v) is 10.3. The molecule has 1 aliphatic rings. The van der Waals surface area contributed by atoms with Gasteiger partial charge in [-0.1, -0.05) is 12.1 Å². The van der Waals surface area contributed by atoms with E-state index in [1.807, 2.05) is 0 Å². The Hall–Kier alpha value is -2.00. The average molecular weight is 264 g/mol. The zero-order chi connectivity index (χ0) is 13.9. The van der Waals surface area contributed by atoms with E-state index >= 15 is 0 Å². The van der Waals surface area contributed by atoms with Crippen molar-refractivity contribution in [2.24, 2.45) is 5.41 Å². The van der Waals surface area contributed by atoms with Crippen molar-refractivity contribution >= 4 is 5.69 Å². The van der Waals surface area contributed by atoms with E-state index in [4.69, 9.17) is 4.74 Å². The molecule has 1 saturated heterocycles. The Kier molecular flexibility index (Phi) is 3.76. The number of halogens is 1. The molecule has 2 rings (SSSR count). The summed E-state index contributed by atoms with van der Waals surface area (Å²) in [5.74, 6) is -0.839. The van der Waals surface area contributed by atoms with Crippen LogP contribution >= 0.6 is 0 Å². The monoisotopic (exact) mass is 264 g/mol. The first kappa shape index (κ1) is 13.4. The van der Waals surface area contributed by atoms with Crippen LogP contribution in [-0.2, 0) is 11.2 Å². The summed E-state index contributed by atoms with van der Waals surface area (Å²) in [6.45, 7) is 0.925. The maximum Gasteiger partial charge on any atom is 0.305 e.